The molecule has 0 amide bonds. The van der Waals surface area contributed by atoms with Crippen molar-refractivity contribution in [2.75, 3.05) is 0 Å². The van der Waals surface area contributed by atoms with Crippen LogP contribution in [0, 0.1) is 0 Å². The second-order valence-electron chi connectivity index (χ2n) is 6.49. The Labute approximate surface area is 178 Å². The van der Waals surface area contributed by atoms with E-state index in [4.69, 9.17) is 0 Å². The van der Waals surface area contributed by atoms with Crippen LogP contribution in [0.15, 0.2) is 0 Å². The molecule has 0 aromatic heterocycles. The third kappa shape index (κ3) is 4.45. The van der Waals surface area contributed by atoms with Crippen molar-refractivity contribution in [3.05, 3.63) is 0 Å². The van der Waals surface area contributed by atoms with Crippen LogP contribution >= 0.6 is 91.8 Å². The third-order valence-corrected chi connectivity index (χ3v) is 128. The van der Waals surface area contributed by atoms with Crippen LogP contribution in [0.4, 0.5) is 0 Å². The van der Waals surface area contributed by atoms with Gasteiger partial charge in [-0.05, 0) is 11.1 Å². The van der Waals surface area contributed by atoms with E-state index in [0.717, 1.165) is 11.1 Å². The molecule has 2 fully saturated rings. The molecule has 2 saturated carbocycles. The van der Waals surface area contributed by atoms with Crippen LogP contribution < -0.4 is 0 Å². The lowest BCUT2D eigenvalue weighted by Crippen LogP contribution is -2.64. The zero-order chi connectivity index (χ0) is 15.7. The molecular formula is C12H22Br6Si3. The van der Waals surface area contributed by atoms with E-state index in [2.05, 4.69) is 91.8 Å². The third-order valence-electron chi connectivity index (χ3n) is 5.07. The summed E-state index contributed by atoms with van der Waals surface area (Å²) in [5.74, 6) is 0. The van der Waals surface area contributed by atoms with Gasteiger partial charge in [0.15, 0.2) is 0 Å². The van der Waals surface area contributed by atoms with Crippen molar-refractivity contribution in [3.63, 3.8) is 0 Å². The summed E-state index contributed by atoms with van der Waals surface area (Å²) < 4.78 is -1.76. The molecule has 2 rings (SSSR count). The SMILES string of the molecule is Br[Si](Br)(C1CCCCC1)[Si](Br)(Br)[Si](Br)(Br)C1CCCCC1. The number of rotatable bonds is 4. The van der Waals surface area contributed by atoms with E-state index in [1.807, 2.05) is 0 Å². The van der Waals surface area contributed by atoms with Gasteiger partial charge in [-0.15, -0.1) is 91.8 Å². The normalized spacial score (nSPS) is 24.3. The maximum Gasteiger partial charge on any atom is 0.231 e. The smallest absolute Gasteiger partial charge is 0.114 e. The second-order valence-corrected chi connectivity index (χ2v) is 71.8. The predicted octanol–water partition coefficient (Wildman–Crippen LogP) is 8.51. The molecule has 0 nitrogen and oxygen atoms in total. The molecule has 0 aromatic carbocycles. The van der Waals surface area contributed by atoms with Gasteiger partial charge in [-0.3, -0.25) is 0 Å². The summed E-state index contributed by atoms with van der Waals surface area (Å²) >= 11 is 25.6. The average Bonchev–Trinajstić information content (AvgIpc) is 2.48. The zero-order valence-corrected chi connectivity index (χ0v) is 24.5. The van der Waals surface area contributed by atoms with Gasteiger partial charge in [0.2, 0.25) is 14.0 Å². The van der Waals surface area contributed by atoms with Gasteiger partial charge in [-0.2, -0.15) is 0 Å². The molecule has 21 heavy (non-hydrogen) atoms. The Hall–Kier alpha value is 3.53. The quantitative estimate of drug-likeness (QED) is 0.201. The molecule has 0 unspecified atom stereocenters. The van der Waals surface area contributed by atoms with Crippen molar-refractivity contribution in [3.8, 4) is 0 Å². The van der Waals surface area contributed by atoms with E-state index in [9.17, 15) is 0 Å². The van der Waals surface area contributed by atoms with Gasteiger partial charge < -0.3 is 0 Å². The Kier molecular flexibility index (Phi) is 8.41. The summed E-state index contributed by atoms with van der Waals surface area (Å²) in [4.78, 5) is -3.37. The number of halogens is 6. The lowest BCUT2D eigenvalue weighted by molar-refractivity contribution is 0.500. The zero-order valence-electron chi connectivity index (χ0n) is 12.0. The van der Waals surface area contributed by atoms with Crippen LogP contribution in [-0.4, -0.2) is 14.0 Å². The van der Waals surface area contributed by atoms with Gasteiger partial charge in [0.1, 0.15) is 0 Å². The lowest BCUT2D eigenvalue weighted by Gasteiger charge is -2.47. The Bertz CT molecular complexity index is 319. The minimum atomic E-state index is -1.76. The first-order valence-corrected chi connectivity index (χ1v) is 29.5. The highest BCUT2D eigenvalue weighted by Gasteiger charge is 2.67. The fourth-order valence-corrected chi connectivity index (χ4v) is 101. The van der Waals surface area contributed by atoms with Crippen molar-refractivity contribution in [1.82, 2.24) is 0 Å². The second kappa shape index (κ2) is 8.48. The van der Waals surface area contributed by atoms with Crippen LogP contribution in [0.25, 0.3) is 0 Å². The van der Waals surface area contributed by atoms with Crippen LogP contribution in [0.2, 0.25) is 11.1 Å². The van der Waals surface area contributed by atoms with Crippen LogP contribution in [-0.2, 0) is 0 Å². The first-order valence-electron chi connectivity index (χ1n) is 7.84. The molecule has 0 atom stereocenters. The fraction of sp³-hybridized carbons (Fsp3) is 1.00. The Morgan fingerprint density at radius 2 is 0.762 bits per heavy atom. The molecule has 0 spiro atoms. The fourth-order valence-electron chi connectivity index (χ4n) is 3.67. The van der Waals surface area contributed by atoms with Crippen LogP contribution in [0.5, 0.6) is 0 Å². The predicted molar refractivity (Wildman–Crippen MR) is 124 cm³/mol. The highest BCUT2D eigenvalue weighted by molar-refractivity contribution is 9.74. The molecule has 0 heterocycles. The largest absolute Gasteiger partial charge is 0.231 e. The summed E-state index contributed by atoms with van der Waals surface area (Å²) in [7, 11) is 0. The van der Waals surface area contributed by atoms with E-state index in [0.29, 0.717) is 0 Å². The average molecular weight is 730 g/mol. The van der Waals surface area contributed by atoms with Crippen molar-refractivity contribution >= 4 is 106 Å². The summed E-state index contributed by atoms with van der Waals surface area (Å²) in [6, 6.07) is 0. The highest BCUT2D eigenvalue weighted by Crippen LogP contribution is 2.62. The molecule has 0 aliphatic heterocycles. The lowest BCUT2D eigenvalue weighted by atomic mass is 10.0. The minimum Gasteiger partial charge on any atom is -0.114 e. The first kappa shape index (κ1) is 20.8. The monoisotopic (exact) mass is 724 g/mol. The first-order chi connectivity index (χ1) is 9.71. The molecule has 0 N–H and O–H groups in total. The van der Waals surface area contributed by atoms with E-state index in [-0.39, 0.29) is 0 Å². The summed E-state index contributed by atoms with van der Waals surface area (Å²) in [6.45, 7) is 0. The Morgan fingerprint density at radius 1 is 0.476 bits per heavy atom. The molecular weight excluding hydrogens is 708 g/mol. The minimum absolute atomic E-state index is 0.849. The number of hydrogen-bond acceptors (Lipinski definition) is 0. The summed E-state index contributed by atoms with van der Waals surface area (Å²) in [6.07, 6.45) is 14.0. The highest BCUT2D eigenvalue weighted by atomic mass is 79.9. The van der Waals surface area contributed by atoms with Crippen molar-refractivity contribution in [1.29, 1.82) is 0 Å². The molecule has 2 aliphatic rings. The van der Waals surface area contributed by atoms with E-state index in [1.54, 1.807) is 0 Å². The van der Waals surface area contributed by atoms with Crippen LogP contribution in [0.3, 0.4) is 0 Å². The van der Waals surface area contributed by atoms with E-state index < -0.39 is 14.0 Å². The van der Waals surface area contributed by atoms with Gasteiger partial charge in [0.05, 0.1) is 0 Å². The maximum absolute atomic E-state index is 4.29. The van der Waals surface area contributed by atoms with Gasteiger partial charge >= 0.3 is 0 Å². The van der Waals surface area contributed by atoms with Crippen molar-refractivity contribution < 1.29 is 0 Å². The van der Waals surface area contributed by atoms with Gasteiger partial charge in [0.25, 0.3) is 0 Å². The van der Waals surface area contributed by atoms with Gasteiger partial charge in [-0.1, -0.05) is 64.2 Å². The van der Waals surface area contributed by atoms with Crippen molar-refractivity contribution in [2.24, 2.45) is 0 Å². The number of hydrogen-bond donors (Lipinski definition) is 0. The topological polar surface area (TPSA) is 0 Å². The van der Waals surface area contributed by atoms with Gasteiger partial charge in [-0.25, -0.2) is 0 Å². The molecule has 2 aliphatic carbocycles. The van der Waals surface area contributed by atoms with E-state index in [1.165, 1.54) is 64.2 Å². The van der Waals surface area contributed by atoms with Crippen LogP contribution in [0.1, 0.15) is 64.2 Å². The Morgan fingerprint density at radius 3 is 1.05 bits per heavy atom. The van der Waals surface area contributed by atoms with Crippen molar-refractivity contribution in [2.45, 2.75) is 75.3 Å². The molecule has 124 valence electrons. The maximum atomic E-state index is 4.29. The summed E-state index contributed by atoms with van der Waals surface area (Å²) in [5, 5.41) is 0. The molecule has 0 radical (unpaired) electrons. The molecule has 0 aromatic rings. The van der Waals surface area contributed by atoms with Gasteiger partial charge in [0, 0.05) is 0 Å². The standard InChI is InChI=1S/C12H22Br6Si3/c13-19(14,11-7-3-1-4-8-11)21(17,18)20(15,16)12-9-5-2-6-10-12/h11-12H,1-10H2. The molecule has 0 bridgehead atoms. The summed E-state index contributed by atoms with van der Waals surface area (Å²) in [5.41, 5.74) is 1.70. The molecule has 0 saturated heterocycles. The Balaban J connectivity index is 2.20. The van der Waals surface area contributed by atoms with E-state index >= 15 is 0 Å². The molecule has 9 heteroatoms.